The molecule has 4 nitrogen and oxygen atoms in total. The van der Waals surface area contributed by atoms with Crippen molar-refractivity contribution < 1.29 is 9.90 Å². The number of hydrogen-bond donors (Lipinski definition) is 3. The van der Waals surface area contributed by atoms with Crippen molar-refractivity contribution in [2.45, 2.75) is 18.4 Å². The predicted octanol–water partition coefficient (Wildman–Crippen LogP) is 2.05. The van der Waals surface area contributed by atoms with Gasteiger partial charge in [-0.15, -0.1) is 0 Å². The third-order valence-electron chi connectivity index (χ3n) is 3.30. The Morgan fingerprint density at radius 1 is 1.40 bits per heavy atom. The van der Waals surface area contributed by atoms with Gasteiger partial charge in [0.2, 0.25) is 0 Å². The lowest BCUT2D eigenvalue weighted by molar-refractivity contribution is 0.0700. The molecule has 1 aliphatic rings. The zero-order valence-corrected chi connectivity index (χ0v) is 12.8. The summed E-state index contributed by atoms with van der Waals surface area (Å²) in [7, 11) is 0. The minimum atomic E-state index is -0.745. The van der Waals surface area contributed by atoms with E-state index in [1.54, 1.807) is 11.8 Å². The van der Waals surface area contributed by atoms with Gasteiger partial charge in [-0.05, 0) is 30.2 Å². The number of thioether (sulfide) groups is 1. The Labute approximate surface area is 128 Å². The molecule has 1 aliphatic heterocycles. The average Bonchev–Trinajstić information content (AvgIpc) is 2.86. The van der Waals surface area contributed by atoms with Gasteiger partial charge in [-0.25, -0.2) is 4.79 Å². The number of rotatable bonds is 5. The number of urea groups is 1. The molecule has 1 fully saturated rings. The summed E-state index contributed by atoms with van der Waals surface area (Å²) in [5.74, 6) is 1.64. The Hall–Kier alpha value is -0.910. The van der Waals surface area contributed by atoms with Gasteiger partial charge in [-0.3, -0.25) is 0 Å². The minimum Gasteiger partial charge on any atom is -0.387 e. The fourth-order valence-corrected chi connectivity index (χ4v) is 3.58. The molecule has 2 amide bonds. The monoisotopic (exact) mass is 314 g/mol. The summed E-state index contributed by atoms with van der Waals surface area (Å²) in [6.45, 7) is 0.820. The fourth-order valence-electron chi connectivity index (χ4n) is 2.06. The Balaban J connectivity index is 1.67. The smallest absolute Gasteiger partial charge is 0.314 e. The molecule has 1 saturated heterocycles. The number of amides is 2. The second-order valence-electron chi connectivity index (χ2n) is 4.98. The van der Waals surface area contributed by atoms with Crippen LogP contribution in [0.1, 0.15) is 12.0 Å². The first-order chi connectivity index (χ1) is 9.59. The van der Waals surface area contributed by atoms with Crippen LogP contribution >= 0.6 is 23.4 Å². The Bertz CT molecular complexity index is 464. The number of aliphatic hydroxyl groups is 1. The molecule has 1 unspecified atom stereocenters. The molecule has 0 spiro atoms. The number of nitrogens with one attached hydrogen (secondary N) is 2. The van der Waals surface area contributed by atoms with Crippen molar-refractivity contribution in [3.05, 3.63) is 34.9 Å². The van der Waals surface area contributed by atoms with Crippen molar-refractivity contribution in [1.82, 2.24) is 10.6 Å². The molecule has 0 bridgehead atoms. The molecular formula is C14H19ClN2O2S. The van der Waals surface area contributed by atoms with Crippen molar-refractivity contribution in [1.29, 1.82) is 0 Å². The summed E-state index contributed by atoms with van der Waals surface area (Å²) in [4.78, 5) is 11.6. The molecule has 0 radical (unpaired) electrons. The zero-order chi connectivity index (χ0) is 14.4. The molecule has 0 aromatic heterocycles. The van der Waals surface area contributed by atoms with Gasteiger partial charge < -0.3 is 15.7 Å². The molecule has 0 aliphatic carbocycles. The van der Waals surface area contributed by atoms with Crippen LogP contribution in [0.15, 0.2) is 24.3 Å². The van der Waals surface area contributed by atoms with Crippen LogP contribution < -0.4 is 10.6 Å². The number of carbonyl (C=O) groups is 1. The standard InChI is InChI=1S/C14H19ClN2O2S/c15-12-4-2-1-3-11(12)5-7-16-13(18)17-9-14(19)6-8-20-10-14/h1-4,19H,5-10H2,(H2,16,17,18). The Morgan fingerprint density at radius 2 is 2.20 bits per heavy atom. The van der Waals surface area contributed by atoms with E-state index in [1.165, 1.54) is 0 Å². The van der Waals surface area contributed by atoms with Gasteiger partial charge >= 0.3 is 6.03 Å². The molecule has 1 aromatic rings. The van der Waals surface area contributed by atoms with Gasteiger partial charge in [0.05, 0.1) is 5.60 Å². The van der Waals surface area contributed by atoms with Crippen LogP contribution in [0.4, 0.5) is 4.79 Å². The molecule has 1 atom stereocenters. The lowest BCUT2D eigenvalue weighted by Gasteiger charge is -2.21. The molecule has 20 heavy (non-hydrogen) atoms. The highest BCUT2D eigenvalue weighted by molar-refractivity contribution is 7.99. The van der Waals surface area contributed by atoms with E-state index in [1.807, 2.05) is 24.3 Å². The lowest BCUT2D eigenvalue weighted by atomic mass is 10.0. The van der Waals surface area contributed by atoms with Crippen LogP contribution in [-0.4, -0.2) is 41.3 Å². The van der Waals surface area contributed by atoms with Crippen LogP contribution in [0.5, 0.6) is 0 Å². The van der Waals surface area contributed by atoms with E-state index < -0.39 is 5.60 Å². The maximum absolute atomic E-state index is 11.6. The minimum absolute atomic E-state index is 0.248. The van der Waals surface area contributed by atoms with Crippen LogP contribution in [0, 0.1) is 0 Å². The third-order valence-corrected chi connectivity index (χ3v) is 4.90. The molecule has 1 heterocycles. The summed E-state index contributed by atoms with van der Waals surface area (Å²) in [6, 6.07) is 7.34. The van der Waals surface area contributed by atoms with Crippen LogP contribution in [-0.2, 0) is 6.42 Å². The molecule has 3 N–H and O–H groups in total. The van der Waals surface area contributed by atoms with Crippen molar-refractivity contribution in [2.75, 3.05) is 24.6 Å². The summed E-state index contributed by atoms with van der Waals surface area (Å²) in [5.41, 5.74) is 0.269. The van der Waals surface area contributed by atoms with Gasteiger partial charge in [0, 0.05) is 23.9 Å². The van der Waals surface area contributed by atoms with Gasteiger partial charge in [-0.1, -0.05) is 29.8 Å². The highest BCUT2D eigenvalue weighted by Gasteiger charge is 2.31. The first-order valence-corrected chi connectivity index (χ1v) is 8.18. The van der Waals surface area contributed by atoms with Gasteiger partial charge in [0.15, 0.2) is 0 Å². The number of halogens is 1. The van der Waals surface area contributed by atoms with E-state index in [2.05, 4.69) is 10.6 Å². The van der Waals surface area contributed by atoms with Gasteiger partial charge in [0.1, 0.15) is 0 Å². The maximum atomic E-state index is 11.6. The molecule has 2 rings (SSSR count). The summed E-state index contributed by atoms with van der Waals surface area (Å²) in [6.07, 6.45) is 1.42. The largest absolute Gasteiger partial charge is 0.387 e. The van der Waals surface area contributed by atoms with E-state index in [0.717, 1.165) is 17.7 Å². The first-order valence-electron chi connectivity index (χ1n) is 6.64. The van der Waals surface area contributed by atoms with Crippen molar-refractivity contribution in [2.24, 2.45) is 0 Å². The molecular weight excluding hydrogens is 296 g/mol. The maximum Gasteiger partial charge on any atom is 0.314 e. The van der Waals surface area contributed by atoms with Crippen molar-refractivity contribution in [3.63, 3.8) is 0 Å². The van der Waals surface area contributed by atoms with Crippen molar-refractivity contribution >= 4 is 29.4 Å². The van der Waals surface area contributed by atoms with E-state index in [-0.39, 0.29) is 6.03 Å². The van der Waals surface area contributed by atoms with Gasteiger partial charge in [-0.2, -0.15) is 11.8 Å². The molecule has 110 valence electrons. The van der Waals surface area contributed by atoms with E-state index in [4.69, 9.17) is 11.6 Å². The highest BCUT2D eigenvalue weighted by atomic mass is 35.5. The molecule has 0 saturated carbocycles. The average molecular weight is 315 g/mol. The SMILES string of the molecule is O=C(NCCc1ccccc1Cl)NCC1(O)CCSC1. The van der Waals surface area contributed by atoms with E-state index in [0.29, 0.717) is 30.3 Å². The summed E-state index contributed by atoms with van der Waals surface area (Å²) < 4.78 is 0. The molecule has 6 heteroatoms. The number of benzene rings is 1. The second-order valence-corrected chi connectivity index (χ2v) is 6.49. The van der Waals surface area contributed by atoms with Crippen LogP contribution in [0.2, 0.25) is 5.02 Å². The Kier molecular flexibility index (Phi) is 5.57. The lowest BCUT2D eigenvalue weighted by Crippen LogP contribution is -2.46. The fraction of sp³-hybridized carbons (Fsp3) is 0.500. The summed E-state index contributed by atoms with van der Waals surface area (Å²) in [5, 5.41) is 16.3. The second kappa shape index (κ2) is 7.20. The van der Waals surface area contributed by atoms with E-state index in [9.17, 15) is 9.90 Å². The number of hydrogen-bond acceptors (Lipinski definition) is 3. The van der Waals surface area contributed by atoms with E-state index >= 15 is 0 Å². The van der Waals surface area contributed by atoms with Crippen molar-refractivity contribution in [3.8, 4) is 0 Å². The normalized spacial score (nSPS) is 21.7. The third kappa shape index (κ3) is 4.58. The predicted molar refractivity (Wildman–Crippen MR) is 83.4 cm³/mol. The van der Waals surface area contributed by atoms with Crippen LogP contribution in [0.3, 0.4) is 0 Å². The van der Waals surface area contributed by atoms with Gasteiger partial charge in [0.25, 0.3) is 0 Å². The quantitative estimate of drug-likeness (QED) is 0.779. The van der Waals surface area contributed by atoms with Crippen LogP contribution in [0.25, 0.3) is 0 Å². The number of carbonyl (C=O) groups excluding carboxylic acids is 1. The highest BCUT2D eigenvalue weighted by Crippen LogP contribution is 2.26. The zero-order valence-electron chi connectivity index (χ0n) is 11.2. The first kappa shape index (κ1) is 15.5. The Morgan fingerprint density at radius 3 is 2.90 bits per heavy atom. The summed E-state index contributed by atoms with van der Waals surface area (Å²) >= 11 is 7.75. The topological polar surface area (TPSA) is 61.4 Å². The molecule has 1 aromatic carbocycles.